The van der Waals surface area contributed by atoms with Crippen LogP contribution >= 0.6 is 0 Å². The van der Waals surface area contributed by atoms with Crippen molar-refractivity contribution in [3.05, 3.63) is 119 Å². The van der Waals surface area contributed by atoms with Crippen molar-refractivity contribution in [2.24, 2.45) is 0 Å². The van der Waals surface area contributed by atoms with Crippen LogP contribution in [0.4, 0.5) is 28.8 Å². The second-order valence-corrected chi connectivity index (χ2v) is 34.4. The highest BCUT2D eigenvalue weighted by Gasteiger charge is 2.34. The van der Waals surface area contributed by atoms with Crippen LogP contribution in [-0.2, 0) is 50.9 Å². The molecular weight excluding hydrogens is 1440 g/mol. The van der Waals surface area contributed by atoms with Crippen molar-refractivity contribution in [1.29, 1.82) is 0 Å². The molecule has 620 valence electrons. The number of carbonyl (C=O) groups excluding carboxylic acids is 8. The monoisotopic (exact) mass is 1560 g/mol. The molecule has 9 aliphatic rings. The molecule has 112 heavy (non-hydrogen) atoms. The normalized spacial score (nSPS) is 17.2. The molecule has 4 aromatic rings. The fourth-order valence-corrected chi connectivity index (χ4v) is 12.0. The Labute approximate surface area is 664 Å². The van der Waals surface area contributed by atoms with E-state index < -0.39 is 70.2 Å². The Morgan fingerprint density at radius 1 is 0.241 bits per heavy atom. The number of benzene rings is 4. The van der Waals surface area contributed by atoms with E-state index in [0.29, 0.717) is 35.8 Å². The van der Waals surface area contributed by atoms with Crippen molar-refractivity contribution in [3.8, 4) is 23.0 Å². The van der Waals surface area contributed by atoms with E-state index in [-0.39, 0.29) is 182 Å². The fraction of sp³-hybridized carbons (Fsp3) is 0.619. The third kappa shape index (κ3) is 33.5. The standard InChI is InChI=1S/C84H126N10O18/c1-79(2,3)107-73(97)89-39-35-85(36-40-90(74(98)108-80(4,5)6)44-48-93(47-43-89)77(101)111-83(13,14)15)61-71(95)87-51-55-103-67-27-19-63(20-28-67)59-65-23-31-69(32-24-65)105-57-53-88(54-58-106-70-33-25-66(26-34-70)60-64-21-29-68(30-22-64)104-56-52-87)72(96)62-86-37-41-91(75(99)109-81(7,8)9)45-49-94(78(102)112-84(16,17)18)50-46-92(42-38-86)76(100)110-82(10,11)12/h19-34H,35-62H2,1-18H3. The average molecular weight is 1560 g/mol. The molecule has 0 unspecified atom stereocenters. The molecule has 0 radical (unpaired) electrons. The molecule has 2 fully saturated rings. The molecule has 0 saturated carbocycles. The second kappa shape index (κ2) is 40.8. The lowest BCUT2D eigenvalue weighted by molar-refractivity contribution is -0.134. The van der Waals surface area contributed by atoms with Gasteiger partial charge in [0.05, 0.1) is 39.3 Å². The zero-order valence-electron chi connectivity index (χ0n) is 69.9. The highest BCUT2D eigenvalue weighted by atomic mass is 16.6. The minimum atomic E-state index is -0.818. The van der Waals surface area contributed by atoms with Crippen LogP contribution in [0.1, 0.15) is 147 Å². The maximum atomic E-state index is 14.9. The number of hydrogen-bond donors (Lipinski definition) is 0. The Hall–Kier alpha value is -9.44. The van der Waals surface area contributed by atoms with Crippen molar-refractivity contribution in [2.45, 2.75) is 171 Å². The van der Waals surface area contributed by atoms with E-state index in [1.807, 2.05) is 107 Å². The first-order valence-electron chi connectivity index (χ1n) is 39.2. The van der Waals surface area contributed by atoms with Crippen molar-refractivity contribution < 1.29 is 85.7 Å². The van der Waals surface area contributed by atoms with Crippen LogP contribution in [-0.4, -0.2) is 301 Å². The Balaban J connectivity index is 1.09. The molecule has 4 aromatic carbocycles. The van der Waals surface area contributed by atoms with Crippen LogP contribution in [0.5, 0.6) is 23.0 Å². The molecule has 8 amide bonds. The lowest BCUT2D eigenvalue weighted by Gasteiger charge is -2.36. The van der Waals surface area contributed by atoms with E-state index in [0.717, 1.165) is 22.3 Å². The summed E-state index contributed by atoms with van der Waals surface area (Å²) in [5.41, 5.74) is -0.773. The lowest BCUT2D eigenvalue weighted by atomic mass is 10.0. The Morgan fingerprint density at radius 3 is 0.562 bits per heavy atom. The summed E-state index contributed by atoms with van der Waals surface area (Å²) in [6.45, 7) is 35.4. The first kappa shape index (κ1) is 89.8. The summed E-state index contributed by atoms with van der Waals surface area (Å²) in [4.78, 5) is 129. The Kier molecular flexibility index (Phi) is 32.7. The van der Waals surface area contributed by atoms with Gasteiger partial charge in [0.2, 0.25) is 11.8 Å². The van der Waals surface area contributed by atoms with Gasteiger partial charge in [0.1, 0.15) is 83.0 Å². The van der Waals surface area contributed by atoms with Crippen LogP contribution in [0, 0.1) is 0 Å². The third-order valence-electron chi connectivity index (χ3n) is 17.7. The maximum Gasteiger partial charge on any atom is 0.410 e. The first-order chi connectivity index (χ1) is 52.5. The number of rotatable bonds is 4. The summed E-state index contributed by atoms with van der Waals surface area (Å²) in [5.74, 6) is 1.98. The Morgan fingerprint density at radius 2 is 0.402 bits per heavy atom. The van der Waals surface area contributed by atoms with E-state index in [4.69, 9.17) is 47.4 Å². The molecule has 0 N–H and O–H groups in total. The van der Waals surface area contributed by atoms with Gasteiger partial charge >= 0.3 is 36.6 Å². The molecule has 0 spiro atoms. The summed E-state index contributed by atoms with van der Waals surface area (Å²) < 4.78 is 60.5. The van der Waals surface area contributed by atoms with Gasteiger partial charge in [0.25, 0.3) is 0 Å². The van der Waals surface area contributed by atoms with Gasteiger partial charge in [-0.05, 0) is 208 Å². The highest BCUT2D eigenvalue weighted by molar-refractivity contribution is 5.79. The summed E-state index contributed by atoms with van der Waals surface area (Å²) in [7, 11) is 0. The quantitative estimate of drug-likeness (QED) is 0.172. The van der Waals surface area contributed by atoms with Crippen LogP contribution in [0.15, 0.2) is 97.1 Å². The van der Waals surface area contributed by atoms with Gasteiger partial charge in [0.15, 0.2) is 0 Å². The number of nitrogens with zero attached hydrogens (tertiary/aromatic N) is 10. The zero-order valence-corrected chi connectivity index (χ0v) is 69.9. The van der Waals surface area contributed by atoms with E-state index in [9.17, 15) is 38.4 Å². The molecule has 13 rings (SSSR count). The van der Waals surface area contributed by atoms with Crippen LogP contribution in [0.25, 0.3) is 0 Å². The highest BCUT2D eigenvalue weighted by Crippen LogP contribution is 2.24. The minimum absolute atomic E-state index is 0.0792. The summed E-state index contributed by atoms with van der Waals surface area (Å²) in [5, 5.41) is 0. The van der Waals surface area contributed by atoms with Gasteiger partial charge in [-0.15, -0.1) is 0 Å². The molecular formula is C84H126N10O18. The number of ether oxygens (including phenoxy) is 10. The predicted octanol–water partition coefficient (Wildman–Crippen LogP) is 11.8. The molecule has 28 heteroatoms. The van der Waals surface area contributed by atoms with Gasteiger partial charge in [-0.3, -0.25) is 19.4 Å². The van der Waals surface area contributed by atoms with Crippen LogP contribution in [0.3, 0.4) is 0 Å². The van der Waals surface area contributed by atoms with Gasteiger partial charge < -0.3 is 86.6 Å². The smallest absolute Gasteiger partial charge is 0.410 e. The topological polar surface area (TPSA) is 261 Å². The summed E-state index contributed by atoms with van der Waals surface area (Å²) in [6, 6.07) is 31.2. The molecule has 9 aliphatic heterocycles. The predicted molar refractivity (Wildman–Crippen MR) is 426 cm³/mol. The van der Waals surface area contributed by atoms with E-state index in [1.165, 1.54) is 29.4 Å². The van der Waals surface area contributed by atoms with Gasteiger partial charge in [-0.1, -0.05) is 48.5 Å². The fourth-order valence-electron chi connectivity index (χ4n) is 12.0. The third-order valence-corrected chi connectivity index (χ3v) is 17.7. The molecule has 28 nitrogen and oxygen atoms in total. The minimum Gasteiger partial charge on any atom is -0.492 e. The molecule has 0 aromatic heterocycles. The van der Waals surface area contributed by atoms with Gasteiger partial charge in [-0.2, -0.15) is 0 Å². The summed E-state index contributed by atoms with van der Waals surface area (Å²) >= 11 is 0. The molecule has 0 atom stereocenters. The second-order valence-electron chi connectivity index (χ2n) is 34.4. The summed E-state index contributed by atoms with van der Waals surface area (Å²) in [6.07, 6.45) is -2.27. The van der Waals surface area contributed by atoms with Crippen LogP contribution in [0.2, 0.25) is 0 Å². The average Bonchev–Trinajstić information content (AvgIpc) is 0.857. The zero-order chi connectivity index (χ0) is 82.2. The van der Waals surface area contributed by atoms with E-state index in [1.54, 1.807) is 134 Å². The number of hydrogen-bond acceptors (Lipinski definition) is 20. The van der Waals surface area contributed by atoms with Gasteiger partial charge in [0, 0.05) is 105 Å². The largest absolute Gasteiger partial charge is 0.492 e. The number of carbonyl (C=O) groups is 8. The molecule has 0 aliphatic carbocycles. The SMILES string of the molecule is CC(C)(C)OC(=O)N1CCN(CC(=O)N2CCOc3ccc(cc3)Cc3ccc(cc3)OCCN(C(=O)CN3CCN(C(=O)OC(C)(C)C)CCN(C(=O)OC(C)(C)C)CCN(C(=O)OC(C)(C)C)CC3)CCOc3ccc(cc3)Cc3ccc(cc3)OCC2)CCN(C(=O)OC(C)(C)C)CCN(C(=O)OC(C)(C)C)CC1. The van der Waals surface area contributed by atoms with E-state index in [2.05, 4.69) is 0 Å². The van der Waals surface area contributed by atoms with Crippen molar-refractivity contribution in [1.82, 2.24) is 49.0 Å². The van der Waals surface area contributed by atoms with Gasteiger partial charge in [-0.25, -0.2) is 28.8 Å². The van der Waals surface area contributed by atoms with Crippen molar-refractivity contribution in [3.63, 3.8) is 0 Å². The molecule has 9 heterocycles. The lowest BCUT2D eigenvalue weighted by Crippen LogP contribution is -2.52. The number of amides is 8. The molecule has 8 bridgehead atoms. The molecule has 2 saturated heterocycles. The van der Waals surface area contributed by atoms with Crippen molar-refractivity contribution in [2.75, 3.05) is 170 Å². The maximum absolute atomic E-state index is 14.9. The Bertz CT molecular complexity index is 3240. The van der Waals surface area contributed by atoms with E-state index >= 15 is 0 Å². The first-order valence-corrected chi connectivity index (χ1v) is 39.2. The van der Waals surface area contributed by atoms with Crippen molar-refractivity contribution >= 4 is 48.4 Å². The van der Waals surface area contributed by atoms with Crippen LogP contribution < -0.4 is 18.9 Å².